The Kier molecular flexibility index (Phi) is 10.9. The van der Waals surface area contributed by atoms with E-state index in [0.29, 0.717) is 0 Å². The van der Waals surface area contributed by atoms with Gasteiger partial charge < -0.3 is 29.2 Å². The molecule has 0 saturated heterocycles. The molecule has 0 amide bonds. The molecule has 0 fully saturated rings. The molecule has 0 aromatic carbocycles. The lowest BCUT2D eigenvalue weighted by Gasteiger charge is -2.38. The summed E-state index contributed by atoms with van der Waals surface area (Å²) in [5.41, 5.74) is -1.81. The molecule has 2 unspecified atom stereocenters. The van der Waals surface area contributed by atoms with Crippen LogP contribution in [0.15, 0.2) is 0 Å². The number of rotatable bonds is 12. The molecule has 0 aliphatic heterocycles. The Morgan fingerprint density at radius 3 is 1.63 bits per heavy atom. The van der Waals surface area contributed by atoms with Gasteiger partial charge in [-0.1, -0.05) is 6.42 Å². The largest absolute Gasteiger partial charge is 0.508 e. The number of carboxylic acids is 2. The molecule has 0 heterocycles. The maximum Gasteiger partial charge on any atom is 0.508 e. The summed E-state index contributed by atoms with van der Waals surface area (Å²) in [6, 6.07) is 0. The number of hydrogen-bond donors (Lipinski definition) is 2. The molecule has 0 aliphatic rings. The van der Waals surface area contributed by atoms with E-state index in [4.69, 9.17) is 14.6 Å². The summed E-state index contributed by atoms with van der Waals surface area (Å²) in [5, 5.41) is 18.6. The first kappa shape index (κ1) is 24.5. The quantitative estimate of drug-likeness (QED) is 0.375. The summed E-state index contributed by atoms with van der Waals surface area (Å²) < 4.78 is 19.5. The summed E-state index contributed by atoms with van der Waals surface area (Å²) in [6.07, 6.45) is -4.36. The molecular formula is C17H28O10. The lowest BCUT2D eigenvalue weighted by atomic mass is 9.73. The number of carbonyl (C=O) groups excluding carboxylic acids is 2. The average molecular weight is 392 g/mol. The third kappa shape index (κ3) is 7.71. The molecule has 27 heavy (non-hydrogen) atoms. The molecular weight excluding hydrogens is 364 g/mol. The van der Waals surface area contributed by atoms with E-state index >= 15 is 0 Å². The highest BCUT2D eigenvalue weighted by Gasteiger charge is 2.52. The van der Waals surface area contributed by atoms with Crippen LogP contribution < -0.4 is 0 Å². The number of unbranched alkanes of at least 4 members (excludes halogenated alkanes) is 1. The maximum absolute atomic E-state index is 12.1. The predicted molar refractivity (Wildman–Crippen MR) is 91.3 cm³/mol. The van der Waals surface area contributed by atoms with Gasteiger partial charge in [0, 0.05) is 6.42 Å². The second-order valence-corrected chi connectivity index (χ2v) is 5.83. The van der Waals surface area contributed by atoms with Crippen LogP contribution in [0.3, 0.4) is 0 Å². The SMILES string of the molecule is CCOC(=O)OC(C)C(CCCCC(=O)O)(C(=O)O)C(C)OC(=O)OCC. The molecule has 10 heteroatoms. The highest BCUT2D eigenvalue weighted by Crippen LogP contribution is 2.38. The van der Waals surface area contributed by atoms with Crippen LogP contribution in [0.25, 0.3) is 0 Å². The molecule has 10 nitrogen and oxygen atoms in total. The summed E-state index contributed by atoms with van der Waals surface area (Å²) >= 11 is 0. The van der Waals surface area contributed by atoms with Crippen LogP contribution in [-0.2, 0) is 28.5 Å². The van der Waals surface area contributed by atoms with Crippen LogP contribution in [0.4, 0.5) is 9.59 Å². The van der Waals surface area contributed by atoms with Crippen molar-refractivity contribution in [2.24, 2.45) is 5.41 Å². The summed E-state index contributed by atoms with van der Waals surface area (Å²) in [7, 11) is 0. The number of ether oxygens (including phenoxy) is 4. The molecule has 0 aromatic rings. The fourth-order valence-corrected chi connectivity index (χ4v) is 2.69. The van der Waals surface area contributed by atoms with Gasteiger partial charge in [0.1, 0.15) is 17.6 Å². The van der Waals surface area contributed by atoms with Crippen molar-refractivity contribution in [3.8, 4) is 0 Å². The Morgan fingerprint density at radius 1 is 0.852 bits per heavy atom. The van der Waals surface area contributed by atoms with Crippen LogP contribution in [0, 0.1) is 5.41 Å². The summed E-state index contributed by atoms with van der Waals surface area (Å²) in [4.78, 5) is 46.1. The normalized spacial score (nSPS) is 15.0. The molecule has 0 saturated carbocycles. The van der Waals surface area contributed by atoms with Crippen molar-refractivity contribution >= 4 is 24.2 Å². The third-order valence-electron chi connectivity index (χ3n) is 4.15. The molecule has 2 N–H and O–H groups in total. The fraction of sp³-hybridized carbons (Fsp3) is 0.765. The van der Waals surface area contributed by atoms with E-state index in [2.05, 4.69) is 9.47 Å². The van der Waals surface area contributed by atoms with E-state index in [1.54, 1.807) is 13.8 Å². The molecule has 0 radical (unpaired) electrons. The Hall–Kier alpha value is -2.52. The minimum atomic E-state index is -1.81. The second-order valence-electron chi connectivity index (χ2n) is 5.83. The molecule has 156 valence electrons. The lowest BCUT2D eigenvalue weighted by Crippen LogP contribution is -2.52. The Bertz CT molecular complexity index is 490. The van der Waals surface area contributed by atoms with Crippen molar-refractivity contribution in [1.82, 2.24) is 0 Å². The molecule has 0 aliphatic carbocycles. The highest BCUT2D eigenvalue weighted by molar-refractivity contribution is 5.77. The minimum absolute atomic E-state index is 0.0408. The van der Waals surface area contributed by atoms with Gasteiger partial charge in [0.15, 0.2) is 0 Å². The van der Waals surface area contributed by atoms with Gasteiger partial charge in [0.2, 0.25) is 0 Å². The van der Waals surface area contributed by atoms with Gasteiger partial charge in [0.25, 0.3) is 0 Å². The minimum Gasteiger partial charge on any atom is -0.481 e. The molecule has 0 rings (SSSR count). The first-order chi connectivity index (χ1) is 12.6. The first-order valence-electron chi connectivity index (χ1n) is 8.73. The summed E-state index contributed by atoms with van der Waals surface area (Å²) in [6.45, 7) is 5.92. The van der Waals surface area contributed by atoms with Crippen molar-refractivity contribution in [1.29, 1.82) is 0 Å². The molecule has 0 aromatic heterocycles. The smallest absolute Gasteiger partial charge is 0.481 e. The Morgan fingerprint density at radius 2 is 1.30 bits per heavy atom. The number of aliphatic carboxylic acids is 2. The van der Waals surface area contributed by atoms with Crippen LogP contribution in [-0.4, -0.2) is 59.9 Å². The van der Waals surface area contributed by atoms with Gasteiger partial charge in [-0.05, 0) is 40.5 Å². The van der Waals surface area contributed by atoms with Crippen LogP contribution in [0.5, 0.6) is 0 Å². The van der Waals surface area contributed by atoms with E-state index < -0.39 is 41.9 Å². The van der Waals surface area contributed by atoms with Gasteiger partial charge in [-0.3, -0.25) is 9.59 Å². The monoisotopic (exact) mass is 392 g/mol. The maximum atomic E-state index is 12.1. The van der Waals surface area contributed by atoms with Crippen molar-refractivity contribution in [3.05, 3.63) is 0 Å². The Balaban J connectivity index is 5.53. The highest BCUT2D eigenvalue weighted by atomic mass is 16.7. The second kappa shape index (κ2) is 12.0. The fourth-order valence-electron chi connectivity index (χ4n) is 2.69. The summed E-state index contributed by atoms with van der Waals surface area (Å²) in [5.74, 6) is -2.37. The van der Waals surface area contributed by atoms with Crippen LogP contribution in [0.1, 0.15) is 53.4 Å². The molecule has 0 spiro atoms. The number of carboxylic acid groups (broad SMARTS) is 2. The van der Waals surface area contributed by atoms with Gasteiger partial charge >= 0.3 is 24.2 Å². The van der Waals surface area contributed by atoms with Crippen molar-refractivity contribution < 1.29 is 48.3 Å². The van der Waals surface area contributed by atoms with Gasteiger partial charge in [0.05, 0.1) is 13.2 Å². The van der Waals surface area contributed by atoms with E-state index in [1.807, 2.05) is 0 Å². The van der Waals surface area contributed by atoms with Gasteiger partial charge in [-0.15, -0.1) is 0 Å². The topological polar surface area (TPSA) is 146 Å². The molecule has 2 atom stereocenters. The zero-order valence-electron chi connectivity index (χ0n) is 16.1. The average Bonchev–Trinajstić information content (AvgIpc) is 2.54. The number of carbonyl (C=O) groups is 4. The van der Waals surface area contributed by atoms with E-state index in [9.17, 15) is 24.3 Å². The third-order valence-corrected chi connectivity index (χ3v) is 4.15. The zero-order valence-corrected chi connectivity index (χ0v) is 16.1. The Labute approximate surface area is 157 Å². The van der Waals surface area contributed by atoms with E-state index in [0.717, 1.165) is 0 Å². The lowest BCUT2D eigenvalue weighted by molar-refractivity contribution is -0.170. The zero-order chi connectivity index (χ0) is 21.0. The van der Waals surface area contributed by atoms with Gasteiger partial charge in [-0.25, -0.2) is 9.59 Å². The number of hydrogen-bond acceptors (Lipinski definition) is 8. The van der Waals surface area contributed by atoms with E-state index in [-0.39, 0.29) is 38.9 Å². The van der Waals surface area contributed by atoms with Crippen molar-refractivity contribution in [2.75, 3.05) is 13.2 Å². The van der Waals surface area contributed by atoms with Crippen molar-refractivity contribution in [3.63, 3.8) is 0 Å². The predicted octanol–water partition coefficient (Wildman–Crippen LogP) is 2.83. The first-order valence-corrected chi connectivity index (χ1v) is 8.73. The van der Waals surface area contributed by atoms with Crippen LogP contribution in [0.2, 0.25) is 0 Å². The van der Waals surface area contributed by atoms with Crippen LogP contribution >= 0.6 is 0 Å². The van der Waals surface area contributed by atoms with Gasteiger partial charge in [-0.2, -0.15) is 0 Å². The van der Waals surface area contributed by atoms with E-state index in [1.165, 1.54) is 13.8 Å². The molecule has 0 bridgehead atoms. The van der Waals surface area contributed by atoms with Crippen molar-refractivity contribution in [2.45, 2.75) is 65.6 Å². The standard InChI is InChI=1S/C17H28O10/c1-5-24-15(22)26-11(3)17(14(20)21,10-8-7-9-13(18)19)12(4)27-16(23)25-6-2/h11-12H,5-10H2,1-4H3,(H,18,19)(H,20,21).